The van der Waals surface area contributed by atoms with Crippen LogP contribution in [0.4, 0.5) is 4.39 Å². The van der Waals surface area contributed by atoms with E-state index in [9.17, 15) is 4.39 Å². The molecule has 2 aromatic carbocycles. The van der Waals surface area contributed by atoms with E-state index in [0.717, 1.165) is 16.9 Å². The number of hydrogen-bond donors (Lipinski definition) is 0. The maximum absolute atomic E-state index is 12.9. The Kier molecular flexibility index (Phi) is 3.14. The van der Waals surface area contributed by atoms with E-state index < -0.39 is 0 Å². The summed E-state index contributed by atoms with van der Waals surface area (Å²) in [6, 6.07) is 10.5. The molecule has 0 fully saturated rings. The standard InChI is InChI=1S/C15H15FO/c1-10-8-14(15(17-3)9-11(10)2)12-4-6-13(16)7-5-12/h4-9H,1-3H3. The largest absolute Gasteiger partial charge is 0.496 e. The normalized spacial score (nSPS) is 10.4. The maximum atomic E-state index is 12.9. The Labute approximate surface area is 101 Å². The number of rotatable bonds is 2. The van der Waals surface area contributed by atoms with Crippen molar-refractivity contribution in [2.75, 3.05) is 7.11 Å². The van der Waals surface area contributed by atoms with E-state index in [1.54, 1.807) is 19.2 Å². The van der Waals surface area contributed by atoms with Crippen molar-refractivity contribution >= 4 is 0 Å². The third-order valence-electron chi connectivity index (χ3n) is 2.97. The molecule has 0 heterocycles. The average molecular weight is 230 g/mol. The molecule has 0 amide bonds. The highest BCUT2D eigenvalue weighted by Crippen LogP contribution is 2.32. The molecule has 1 nitrogen and oxygen atoms in total. The molecule has 0 aliphatic carbocycles. The summed E-state index contributed by atoms with van der Waals surface area (Å²) >= 11 is 0. The quantitative estimate of drug-likeness (QED) is 0.754. The molecule has 0 radical (unpaired) electrons. The van der Waals surface area contributed by atoms with Gasteiger partial charge in [0.15, 0.2) is 0 Å². The SMILES string of the molecule is COc1cc(C)c(C)cc1-c1ccc(F)cc1. The summed E-state index contributed by atoms with van der Waals surface area (Å²) in [4.78, 5) is 0. The fourth-order valence-electron chi connectivity index (χ4n) is 1.81. The first-order chi connectivity index (χ1) is 8.11. The second-order valence-corrected chi connectivity index (χ2v) is 4.14. The Hall–Kier alpha value is -1.83. The van der Waals surface area contributed by atoms with Crippen molar-refractivity contribution in [1.29, 1.82) is 0 Å². The monoisotopic (exact) mass is 230 g/mol. The molecule has 0 aromatic heterocycles. The molecule has 0 N–H and O–H groups in total. The molecule has 0 saturated heterocycles. The highest BCUT2D eigenvalue weighted by atomic mass is 19.1. The molecule has 2 aromatic rings. The molecular formula is C15H15FO. The van der Waals surface area contributed by atoms with Crippen LogP contribution in [0.25, 0.3) is 11.1 Å². The molecule has 0 spiro atoms. The van der Waals surface area contributed by atoms with Crippen molar-refractivity contribution in [3.63, 3.8) is 0 Å². The van der Waals surface area contributed by atoms with Gasteiger partial charge >= 0.3 is 0 Å². The molecule has 2 rings (SSSR count). The molecule has 0 saturated carbocycles. The van der Waals surface area contributed by atoms with Gasteiger partial charge < -0.3 is 4.74 Å². The first-order valence-corrected chi connectivity index (χ1v) is 5.53. The maximum Gasteiger partial charge on any atom is 0.126 e. The van der Waals surface area contributed by atoms with Gasteiger partial charge in [0.2, 0.25) is 0 Å². The van der Waals surface area contributed by atoms with Gasteiger partial charge in [0.05, 0.1) is 7.11 Å². The highest BCUT2D eigenvalue weighted by molar-refractivity contribution is 5.72. The third-order valence-corrected chi connectivity index (χ3v) is 2.97. The van der Waals surface area contributed by atoms with Crippen LogP contribution in [0.2, 0.25) is 0 Å². The molecular weight excluding hydrogens is 215 g/mol. The van der Waals surface area contributed by atoms with Crippen LogP contribution in [0, 0.1) is 19.7 Å². The first kappa shape index (κ1) is 11.6. The zero-order chi connectivity index (χ0) is 12.4. The summed E-state index contributed by atoms with van der Waals surface area (Å²) in [6.45, 7) is 4.11. The van der Waals surface area contributed by atoms with Gasteiger partial charge in [-0.3, -0.25) is 0 Å². The second-order valence-electron chi connectivity index (χ2n) is 4.14. The van der Waals surface area contributed by atoms with E-state index in [0.29, 0.717) is 0 Å². The molecule has 2 heteroatoms. The molecule has 0 aliphatic rings. The van der Waals surface area contributed by atoms with E-state index in [1.807, 2.05) is 13.0 Å². The van der Waals surface area contributed by atoms with Crippen molar-refractivity contribution < 1.29 is 9.13 Å². The number of ether oxygens (including phenoxy) is 1. The molecule has 0 atom stereocenters. The van der Waals surface area contributed by atoms with Gasteiger partial charge in [-0.25, -0.2) is 4.39 Å². The first-order valence-electron chi connectivity index (χ1n) is 5.53. The smallest absolute Gasteiger partial charge is 0.126 e. The van der Waals surface area contributed by atoms with Gasteiger partial charge in [0.25, 0.3) is 0 Å². The molecule has 0 bridgehead atoms. The van der Waals surface area contributed by atoms with Crippen molar-refractivity contribution in [2.24, 2.45) is 0 Å². The average Bonchev–Trinajstić information content (AvgIpc) is 2.33. The van der Waals surface area contributed by atoms with Gasteiger partial charge in [-0.1, -0.05) is 12.1 Å². The van der Waals surface area contributed by atoms with Crippen LogP contribution in [0.5, 0.6) is 5.75 Å². The number of halogens is 1. The van der Waals surface area contributed by atoms with Gasteiger partial charge in [-0.05, 0) is 54.8 Å². The summed E-state index contributed by atoms with van der Waals surface area (Å²) < 4.78 is 18.3. The van der Waals surface area contributed by atoms with Crippen LogP contribution >= 0.6 is 0 Å². The van der Waals surface area contributed by atoms with Gasteiger partial charge in [0, 0.05) is 5.56 Å². The van der Waals surface area contributed by atoms with Crippen molar-refractivity contribution in [3.8, 4) is 16.9 Å². The van der Waals surface area contributed by atoms with Crippen molar-refractivity contribution in [2.45, 2.75) is 13.8 Å². The summed E-state index contributed by atoms with van der Waals surface area (Å²) in [5.41, 5.74) is 4.35. The number of hydrogen-bond acceptors (Lipinski definition) is 1. The third kappa shape index (κ3) is 2.31. The molecule has 88 valence electrons. The minimum atomic E-state index is -0.225. The van der Waals surface area contributed by atoms with Crippen LogP contribution in [-0.4, -0.2) is 7.11 Å². The fourth-order valence-corrected chi connectivity index (χ4v) is 1.81. The minimum Gasteiger partial charge on any atom is -0.496 e. The summed E-state index contributed by atoms with van der Waals surface area (Å²) in [5, 5.41) is 0. The van der Waals surface area contributed by atoms with Gasteiger partial charge in [-0.15, -0.1) is 0 Å². The molecule has 17 heavy (non-hydrogen) atoms. The van der Waals surface area contributed by atoms with Crippen LogP contribution < -0.4 is 4.74 Å². The molecule has 0 aliphatic heterocycles. The second kappa shape index (κ2) is 4.58. The van der Waals surface area contributed by atoms with Gasteiger partial charge in [-0.2, -0.15) is 0 Å². The highest BCUT2D eigenvalue weighted by Gasteiger charge is 2.08. The zero-order valence-electron chi connectivity index (χ0n) is 10.3. The van der Waals surface area contributed by atoms with Crippen LogP contribution in [0.15, 0.2) is 36.4 Å². The fraction of sp³-hybridized carbons (Fsp3) is 0.200. The van der Waals surface area contributed by atoms with Gasteiger partial charge in [0.1, 0.15) is 11.6 Å². The lowest BCUT2D eigenvalue weighted by Crippen LogP contribution is -1.91. The summed E-state index contributed by atoms with van der Waals surface area (Å²) in [7, 11) is 1.65. The topological polar surface area (TPSA) is 9.23 Å². The Bertz CT molecular complexity index is 529. The number of aryl methyl sites for hydroxylation is 2. The Morgan fingerprint density at radius 1 is 0.941 bits per heavy atom. The lowest BCUT2D eigenvalue weighted by Gasteiger charge is -2.12. The zero-order valence-corrected chi connectivity index (χ0v) is 10.3. The number of methoxy groups -OCH3 is 1. The summed E-state index contributed by atoms with van der Waals surface area (Å²) in [5.74, 6) is 0.594. The van der Waals surface area contributed by atoms with E-state index in [1.165, 1.54) is 23.3 Å². The lowest BCUT2D eigenvalue weighted by molar-refractivity contribution is 0.416. The predicted molar refractivity (Wildman–Crippen MR) is 67.9 cm³/mol. The van der Waals surface area contributed by atoms with Crippen molar-refractivity contribution in [3.05, 3.63) is 53.3 Å². The predicted octanol–water partition coefficient (Wildman–Crippen LogP) is 4.12. The number of benzene rings is 2. The Morgan fingerprint density at radius 3 is 2.12 bits per heavy atom. The minimum absolute atomic E-state index is 0.225. The lowest BCUT2D eigenvalue weighted by atomic mass is 9.99. The summed E-state index contributed by atoms with van der Waals surface area (Å²) in [6.07, 6.45) is 0. The van der Waals surface area contributed by atoms with E-state index in [4.69, 9.17) is 4.74 Å². The van der Waals surface area contributed by atoms with Crippen LogP contribution in [0.1, 0.15) is 11.1 Å². The van der Waals surface area contributed by atoms with Crippen molar-refractivity contribution in [1.82, 2.24) is 0 Å². The molecule has 0 unspecified atom stereocenters. The van der Waals surface area contributed by atoms with E-state index in [-0.39, 0.29) is 5.82 Å². The van der Waals surface area contributed by atoms with E-state index >= 15 is 0 Å². The Morgan fingerprint density at radius 2 is 1.53 bits per heavy atom. The Balaban J connectivity index is 2.57. The van der Waals surface area contributed by atoms with E-state index in [2.05, 4.69) is 13.0 Å². The van der Waals surface area contributed by atoms with Crippen LogP contribution in [0.3, 0.4) is 0 Å². The van der Waals surface area contributed by atoms with Crippen LogP contribution in [-0.2, 0) is 0 Å².